The van der Waals surface area contributed by atoms with Gasteiger partial charge in [0.1, 0.15) is 16.1 Å². The van der Waals surface area contributed by atoms with Crippen molar-refractivity contribution in [2.45, 2.75) is 19.4 Å². The molecule has 0 saturated carbocycles. The number of hydrogen-bond acceptors (Lipinski definition) is 5. The van der Waals surface area contributed by atoms with Crippen LogP contribution in [0, 0.1) is 0 Å². The van der Waals surface area contributed by atoms with E-state index in [4.69, 9.17) is 17.0 Å². The molecule has 0 radical (unpaired) electrons. The SMILES string of the molecule is COc1ccc(/C=C2\SC(=S)N([C@@H](C)C(=O)NCCc3c[nH]c4ccccc34)C2=O)cc1. The molecule has 1 aliphatic rings. The maximum absolute atomic E-state index is 12.9. The molecule has 8 heteroatoms. The molecule has 1 fully saturated rings. The summed E-state index contributed by atoms with van der Waals surface area (Å²) in [5, 5.41) is 4.08. The van der Waals surface area contributed by atoms with Gasteiger partial charge in [-0.1, -0.05) is 54.3 Å². The number of fused-ring (bicyclic) bond motifs is 1. The first-order valence-electron chi connectivity index (χ1n) is 10.2. The maximum Gasteiger partial charge on any atom is 0.266 e. The number of nitrogens with one attached hydrogen (secondary N) is 2. The standard InChI is InChI=1S/C24H23N3O3S2/c1-15(22(28)25-12-11-17-14-26-20-6-4-3-5-19(17)20)27-23(29)21(32-24(27)31)13-16-7-9-18(30-2)10-8-16/h3-10,13-15,26H,11-12H2,1-2H3,(H,25,28)/b21-13-/t15-/m0/s1. The summed E-state index contributed by atoms with van der Waals surface area (Å²) in [5.41, 5.74) is 3.08. The Labute approximate surface area is 196 Å². The van der Waals surface area contributed by atoms with Gasteiger partial charge in [-0.05, 0) is 48.7 Å². The number of methoxy groups -OCH3 is 1. The van der Waals surface area contributed by atoms with Crippen LogP contribution < -0.4 is 10.1 Å². The molecule has 2 amide bonds. The fourth-order valence-corrected chi connectivity index (χ4v) is 5.01. The lowest BCUT2D eigenvalue weighted by atomic mass is 10.1. The van der Waals surface area contributed by atoms with Crippen molar-refractivity contribution in [1.82, 2.24) is 15.2 Å². The van der Waals surface area contributed by atoms with E-state index >= 15 is 0 Å². The van der Waals surface area contributed by atoms with Crippen LogP contribution in [0.3, 0.4) is 0 Å². The number of aromatic amines is 1. The number of para-hydroxylation sites is 1. The molecule has 2 N–H and O–H groups in total. The molecular weight excluding hydrogens is 442 g/mol. The predicted molar refractivity (Wildman–Crippen MR) is 132 cm³/mol. The van der Waals surface area contributed by atoms with Gasteiger partial charge in [-0.25, -0.2) is 0 Å². The molecule has 1 aliphatic heterocycles. The van der Waals surface area contributed by atoms with Crippen molar-refractivity contribution in [2.75, 3.05) is 13.7 Å². The fraction of sp³-hybridized carbons (Fsp3) is 0.208. The van der Waals surface area contributed by atoms with Gasteiger partial charge < -0.3 is 15.0 Å². The Kier molecular flexibility index (Phi) is 6.62. The summed E-state index contributed by atoms with van der Waals surface area (Å²) in [7, 11) is 1.60. The average Bonchev–Trinajstić information content (AvgIpc) is 3.34. The summed E-state index contributed by atoms with van der Waals surface area (Å²) in [6.07, 6.45) is 4.44. The first-order chi connectivity index (χ1) is 15.5. The van der Waals surface area contributed by atoms with E-state index in [9.17, 15) is 9.59 Å². The van der Waals surface area contributed by atoms with Crippen LogP contribution in [0.2, 0.25) is 0 Å². The Bertz CT molecular complexity index is 1200. The molecule has 0 unspecified atom stereocenters. The third-order valence-electron chi connectivity index (χ3n) is 5.37. The van der Waals surface area contributed by atoms with E-state index in [1.807, 2.05) is 48.7 Å². The highest BCUT2D eigenvalue weighted by molar-refractivity contribution is 8.26. The Morgan fingerprint density at radius 3 is 2.75 bits per heavy atom. The lowest BCUT2D eigenvalue weighted by molar-refractivity contribution is -0.132. The largest absolute Gasteiger partial charge is 0.497 e. The van der Waals surface area contributed by atoms with Crippen molar-refractivity contribution < 1.29 is 14.3 Å². The second-order valence-corrected chi connectivity index (χ2v) is 9.08. The molecule has 1 saturated heterocycles. The number of carbonyl (C=O) groups is 2. The number of carbonyl (C=O) groups excluding carboxylic acids is 2. The molecule has 2 heterocycles. The summed E-state index contributed by atoms with van der Waals surface area (Å²) in [6.45, 7) is 2.17. The zero-order chi connectivity index (χ0) is 22.7. The molecule has 3 aromatic rings. The number of H-pyrrole nitrogens is 1. The smallest absolute Gasteiger partial charge is 0.266 e. The number of thioether (sulfide) groups is 1. The zero-order valence-corrected chi connectivity index (χ0v) is 19.4. The monoisotopic (exact) mass is 465 g/mol. The van der Waals surface area contributed by atoms with Crippen LogP contribution in [0.5, 0.6) is 5.75 Å². The molecule has 4 rings (SSSR count). The second kappa shape index (κ2) is 9.58. The normalized spacial score (nSPS) is 16.1. The van der Waals surface area contributed by atoms with Gasteiger partial charge in [0, 0.05) is 23.6 Å². The van der Waals surface area contributed by atoms with E-state index < -0.39 is 6.04 Å². The van der Waals surface area contributed by atoms with Crippen molar-refractivity contribution in [3.63, 3.8) is 0 Å². The number of nitrogens with zero attached hydrogens (tertiary/aromatic N) is 1. The Hall–Kier alpha value is -3.10. The van der Waals surface area contributed by atoms with Crippen molar-refractivity contribution >= 4 is 57.1 Å². The van der Waals surface area contributed by atoms with E-state index in [1.165, 1.54) is 16.7 Å². The third-order valence-corrected chi connectivity index (χ3v) is 6.70. The van der Waals surface area contributed by atoms with Crippen LogP contribution in [-0.2, 0) is 16.0 Å². The van der Waals surface area contributed by atoms with Gasteiger partial charge >= 0.3 is 0 Å². The lowest BCUT2D eigenvalue weighted by Crippen LogP contribution is -2.47. The van der Waals surface area contributed by atoms with E-state index in [0.717, 1.165) is 27.8 Å². The molecule has 1 aromatic heterocycles. The Morgan fingerprint density at radius 2 is 2.00 bits per heavy atom. The highest BCUT2D eigenvalue weighted by Crippen LogP contribution is 2.34. The summed E-state index contributed by atoms with van der Waals surface area (Å²) in [6, 6.07) is 14.8. The van der Waals surface area contributed by atoms with Crippen molar-refractivity contribution in [3.05, 3.63) is 70.8 Å². The number of aromatic nitrogens is 1. The first-order valence-corrected chi connectivity index (χ1v) is 11.4. The van der Waals surface area contributed by atoms with Gasteiger partial charge in [0.25, 0.3) is 5.91 Å². The van der Waals surface area contributed by atoms with Gasteiger partial charge in [-0.15, -0.1) is 0 Å². The van der Waals surface area contributed by atoms with Crippen LogP contribution >= 0.6 is 24.0 Å². The summed E-state index contributed by atoms with van der Waals surface area (Å²) in [5.74, 6) is 0.259. The fourth-order valence-electron chi connectivity index (χ4n) is 3.59. The van der Waals surface area contributed by atoms with Crippen LogP contribution in [0.1, 0.15) is 18.1 Å². The maximum atomic E-state index is 12.9. The number of rotatable bonds is 7. The van der Waals surface area contributed by atoms with Gasteiger partial charge in [0.15, 0.2) is 0 Å². The van der Waals surface area contributed by atoms with E-state index in [0.29, 0.717) is 22.2 Å². The topological polar surface area (TPSA) is 74.4 Å². The molecule has 0 spiro atoms. The molecule has 164 valence electrons. The summed E-state index contributed by atoms with van der Waals surface area (Å²) in [4.78, 5) is 30.8. The molecule has 2 aromatic carbocycles. The van der Waals surface area contributed by atoms with Crippen LogP contribution in [0.15, 0.2) is 59.6 Å². The van der Waals surface area contributed by atoms with E-state index in [1.54, 1.807) is 20.1 Å². The van der Waals surface area contributed by atoms with Crippen LogP contribution in [0.4, 0.5) is 0 Å². The Morgan fingerprint density at radius 1 is 1.25 bits per heavy atom. The van der Waals surface area contributed by atoms with Crippen LogP contribution in [0.25, 0.3) is 17.0 Å². The van der Waals surface area contributed by atoms with E-state index in [-0.39, 0.29) is 11.8 Å². The minimum absolute atomic E-state index is 0.230. The minimum Gasteiger partial charge on any atom is -0.497 e. The number of thiocarbonyl (C=S) groups is 1. The third kappa shape index (κ3) is 4.56. The molecule has 0 aliphatic carbocycles. The lowest BCUT2D eigenvalue weighted by Gasteiger charge is -2.22. The second-order valence-electron chi connectivity index (χ2n) is 7.40. The first kappa shape index (κ1) is 22.1. The molecule has 1 atom stereocenters. The van der Waals surface area contributed by atoms with Gasteiger partial charge in [0.05, 0.1) is 12.0 Å². The molecule has 32 heavy (non-hydrogen) atoms. The molecular formula is C24H23N3O3S2. The average molecular weight is 466 g/mol. The predicted octanol–water partition coefficient (Wildman–Crippen LogP) is 4.13. The minimum atomic E-state index is -0.688. The van der Waals surface area contributed by atoms with Gasteiger partial charge in [-0.2, -0.15) is 0 Å². The van der Waals surface area contributed by atoms with Crippen molar-refractivity contribution in [1.29, 1.82) is 0 Å². The summed E-state index contributed by atoms with van der Waals surface area (Å²) < 4.78 is 5.54. The van der Waals surface area contributed by atoms with Gasteiger partial charge in [-0.3, -0.25) is 14.5 Å². The van der Waals surface area contributed by atoms with Gasteiger partial charge in [0.2, 0.25) is 5.91 Å². The van der Waals surface area contributed by atoms with Crippen molar-refractivity contribution in [2.24, 2.45) is 0 Å². The molecule has 6 nitrogen and oxygen atoms in total. The number of hydrogen-bond donors (Lipinski definition) is 2. The summed E-state index contributed by atoms with van der Waals surface area (Å²) >= 11 is 6.61. The zero-order valence-electron chi connectivity index (χ0n) is 17.8. The van der Waals surface area contributed by atoms with Crippen LogP contribution in [-0.4, -0.2) is 45.7 Å². The number of amides is 2. The quantitative estimate of drug-likeness (QED) is 0.406. The number of benzene rings is 2. The van der Waals surface area contributed by atoms with E-state index in [2.05, 4.69) is 16.4 Å². The molecule has 0 bridgehead atoms. The Balaban J connectivity index is 1.37. The highest BCUT2D eigenvalue weighted by atomic mass is 32.2. The highest BCUT2D eigenvalue weighted by Gasteiger charge is 2.38. The number of ether oxygens (including phenoxy) is 1. The van der Waals surface area contributed by atoms with Crippen molar-refractivity contribution in [3.8, 4) is 5.75 Å².